The van der Waals surface area contributed by atoms with Gasteiger partial charge in [0.2, 0.25) is 5.91 Å². The number of hydrogen-bond donors (Lipinski definition) is 1. The summed E-state index contributed by atoms with van der Waals surface area (Å²) in [4.78, 5) is 18.5. The fourth-order valence-electron chi connectivity index (χ4n) is 8.06. The minimum absolute atomic E-state index is 0.0150. The smallest absolute Gasteiger partial charge is 0.293 e. The van der Waals surface area contributed by atoms with E-state index < -0.39 is 89.5 Å². The number of aryl methyl sites for hydroxylation is 2. The highest BCUT2D eigenvalue weighted by Crippen LogP contribution is 2.68. The number of fused-ring (bicyclic) bond motifs is 4. The van der Waals surface area contributed by atoms with Crippen molar-refractivity contribution in [2.45, 2.75) is 134 Å². The summed E-state index contributed by atoms with van der Waals surface area (Å²) in [6, 6.07) is 8.04. The Bertz CT molecular complexity index is 2460. The minimum atomic E-state index is -3.47. The molecule has 62 heavy (non-hydrogen) atoms. The molecule has 3 aromatic heterocycles. The monoisotopic (exact) mass is 912 g/mol. The third kappa shape index (κ3) is 9.73. The quantitative estimate of drug-likeness (QED) is 0.126. The van der Waals surface area contributed by atoms with Gasteiger partial charge in [-0.25, -0.2) is 26.3 Å². The van der Waals surface area contributed by atoms with E-state index in [2.05, 4.69) is 15.5 Å². The number of benzene rings is 2. The molecule has 1 amide bonds. The molecule has 2 fully saturated rings. The zero-order chi connectivity index (χ0) is 45.6. The van der Waals surface area contributed by atoms with E-state index in [9.17, 15) is 35.3 Å². The molecule has 0 saturated heterocycles. The molecule has 2 aromatic carbocycles. The fourth-order valence-corrected chi connectivity index (χ4v) is 9.92. The molecule has 0 spiro atoms. The van der Waals surface area contributed by atoms with Gasteiger partial charge in [0.05, 0.1) is 28.0 Å². The van der Waals surface area contributed by atoms with Crippen molar-refractivity contribution in [2.75, 3.05) is 0 Å². The molecule has 0 radical (unpaired) electrons. The lowest BCUT2D eigenvalue weighted by atomic mass is 9.93. The van der Waals surface area contributed by atoms with E-state index in [1.165, 1.54) is 12.8 Å². The molecule has 4 atom stereocenters. The van der Waals surface area contributed by atoms with E-state index in [4.69, 9.17) is 16.6 Å². The summed E-state index contributed by atoms with van der Waals surface area (Å²) < 4.78 is 128. The Morgan fingerprint density at radius 2 is 1.61 bits per heavy atom. The number of hydrogen-bond acceptors (Lipinski definition) is 5. The normalized spacial score (nSPS) is 18.4. The molecule has 3 aliphatic rings. The molecule has 336 valence electrons. The molecule has 1 N–H and O–H groups in total. The third-order valence-corrected chi connectivity index (χ3v) is 13.5. The highest BCUT2D eigenvalue weighted by Gasteiger charge is 2.67. The number of amides is 1. The first-order valence-corrected chi connectivity index (χ1v) is 22.1. The first kappa shape index (κ1) is 47.1. The van der Waals surface area contributed by atoms with Gasteiger partial charge in [-0.1, -0.05) is 44.5 Å². The topological polar surface area (TPSA) is 94.7 Å². The summed E-state index contributed by atoms with van der Waals surface area (Å²) in [5.41, 5.74) is 0.348. The summed E-state index contributed by atoms with van der Waals surface area (Å²) in [7, 11) is -0.578. The van der Waals surface area contributed by atoms with Crippen molar-refractivity contribution in [3.63, 3.8) is 0 Å². The van der Waals surface area contributed by atoms with Crippen LogP contribution >= 0.6 is 11.6 Å². The Hall–Kier alpha value is -4.38. The number of halogens is 9. The van der Waals surface area contributed by atoms with Crippen LogP contribution in [0.25, 0.3) is 22.0 Å². The average Bonchev–Trinajstić information content (AvgIpc) is 4.12. The van der Waals surface area contributed by atoms with Crippen LogP contribution in [-0.2, 0) is 47.4 Å². The third-order valence-electron chi connectivity index (χ3n) is 10.9. The molecule has 2 unspecified atom stereocenters. The molecular weight excluding hydrogens is 864 g/mol. The maximum Gasteiger partial charge on any atom is 0.293 e. The number of alkyl halides is 6. The van der Waals surface area contributed by atoms with Gasteiger partial charge in [-0.05, 0) is 95.5 Å². The highest BCUT2D eigenvalue weighted by molar-refractivity contribution is 7.87. The Balaban J connectivity index is 0.000000514. The first-order chi connectivity index (χ1) is 29.2. The van der Waals surface area contributed by atoms with Crippen LogP contribution in [-0.4, -0.2) is 51.1 Å². The molecule has 3 heterocycles. The van der Waals surface area contributed by atoms with Crippen molar-refractivity contribution in [3.05, 3.63) is 98.7 Å². The molecule has 0 aliphatic heterocycles. The van der Waals surface area contributed by atoms with Crippen molar-refractivity contribution in [3.8, 4) is 11.1 Å². The van der Waals surface area contributed by atoms with Crippen LogP contribution < -0.4 is 5.32 Å². The fraction of sp³-hybridized carbons (Fsp3) is 0.500. The number of pyridine rings is 1. The van der Waals surface area contributed by atoms with E-state index in [0.717, 1.165) is 16.8 Å². The van der Waals surface area contributed by atoms with Crippen molar-refractivity contribution in [1.29, 1.82) is 0 Å². The number of carbonyl (C=O) groups is 1. The molecule has 5 aromatic rings. The largest absolute Gasteiger partial charge is 0.346 e. The Labute approximate surface area is 362 Å². The predicted molar refractivity (Wildman–Crippen MR) is 223 cm³/mol. The number of aromatic nitrogens is 5. The number of carbonyl (C=O) groups excluding carboxylic acids is 1. The second-order valence-electron chi connectivity index (χ2n) is 16.5. The molecule has 18 heteroatoms. The summed E-state index contributed by atoms with van der Waals surface area (Å²) in [6.07, 6.45) is -3.36. The van der Waals surface area contributed by atoms with E-state index in [-0.39, 0.29) is 44.9 Å². The van der Waals surface area contributed by atoms with E-state index in [1.807, 2.05) is 41.5 Å². The van der Waals surface area contributed by atoms with E-state index >= 15 is 8.78 Å². The number of nitrogens with one attached hydrogen (secondary N) is 1. The van der Waals surface area contributed by atoms with Gasteiger partial charge in [0, 0.05) is 60.6 Å². The summed E-state index contributed by atoms with van der Waals surface area (Å²) in [6.45, 7) is 11.9. The Kier molecular flexibility index (Phi) is 14.0. The summed E-state index contributed by atoms with van der Waals surface area (Å²) in [5.74, 6) is -8.10. The SMILES string of the molecule is CC.CC(C)(C)S(=O)C1CC1.CCc1ccc(-c2ccc(Cl)c3c(C)nn(CC(F)F)c23)c(C(Cc2cc(F)cc(F)c2)NC(=O)Cn2nc(C(F)F)c3c2C(F)(F)[C@@H]2C[C@H]32)n1. The van der Waals surface area contributed by atoms with Crippen LogP contribution in [0.15, 0.2) is 42.5 Å². The van der Waals surface area contributed by atoms with Crippen molar-refractivity contribution >= 4 is 39.2 Å². The minimum Gasteiger partial charge on any atom is -0.346 e. The lowest BCUT2D eigenvalue weighted by Gasteiger charge is -2.23. The van der Waals surface area contributed by atoms with Gasteiger partial charge in [-0.15, -0.1) is 0 Å². The molecule has 0 bridgehead atoms. The lowest BCUT2D eigenvalue weighted by Crippen LogP contribution is -2.35. The predicted octanol–water partition coefficient (Wildman–Crippen LogP) is 11.3. The second-order valence-corrected chi connectivity index (χ2v) is 19.3. The van der Waals surface area contributed by atoms with E-state index in [0.29, 0.717) is 50.3 Å². The van der Waals surface area contributed by atoms with Gasteiger partial charge >= 0.3 is 0 Å². The zero-order valence-electron chi connectivity index (χ0n) is 35.3. The molecule has 8 nitrogen and oxygen atoms in total. The number of nitrogens with zero attached hydrogens (tertiary/aromatic N) is 5. The highest BCUT2D eigenvalue weighted by atomic mass is 35.5. The Morgan fingerprint density at radius 1 is 0.968 bits per heavy atom. The van der Waals surface area contributed by atoms with Crippen LogP contribution in [0, 0.1) is 24.5 Å². The van der Waals surface area contributed by atoms with Crippen LogP contribution in [0.4, 0.5) is 35.1 Å². The maximum absolute atomic E-state index is 15.3. The van der Waals surface area contributed by atoms with Crippen molar-refractivity contribution in [1.82, 2.24) is 29.9 Å². The van der Waals surface area contributed by atoms with Crippen LogP contribution in [0.3, 0.4) is 0 Å². The zero-order valence-corrected chi connectivity index (χ0v) is 36.9. The molecular formula is C44H49ClF8N6O2S. The lowest BCUT2D eigenvalue weighted by molar-refractivity contribution is -0.123. The summed E-state index contributed by atoms with van der Waals surface area (Å²) in [5, 5.41) is 11.9. The van der Waals surface area contributed by atoms with Crippen LogP contribution in [0.2, 0.25) is 5.02 Å². The van der Waals surface area contributed by atoms with Crippen LogP contribution in [0.1, 0.15) is 119 Å². The molecule has 2 saturated carbocycles. The van der Waals surface area contributed by atoms with Crippen molar-refractivity contribution < 1.29 is 44.1 Å². The van der Waals surface area contributed by atoms with Gasteiger partial charge < -0.3 is 5.32 Å². The van der Waals surface area contributed by atoms with E-state index in [1.54, 1.807) is 31.2 Å². The van der Waals surface area contributed by atoms with Gasteiger partial charge in [-0.3, -0.25) is 23.4 Å². The maximum atomic E-state index is 15.3. The van der Waals surface area contributed by atoms with Gasteiger partial charge in [0.25, 0.3) is 18.8 Å². The second kappa shape index (κ2) is 18.4. The standard InChI is InChI=1S/C35H29ClF8N6O.C7H14OS.C2H6/c1-3-19-4-5-20(21-6-7-24(36)28-15(2)47-49(32(21)28)13-26(39)40)30(45-19)25(10-16-8-17(37)11-18(38)9-16)46-27(51)14-50-33-29(31(48-50)34(41)42)22-12-23(22)35(33,43)44;1-7(2,3)9(8)6-4-5-6;1-2/h4-9,11,22-23,25-26,34H,3,10,12-14H2,1-2H3,(H,46,51);6H,4-5H2,1-3H3;1-2H3/t22-,23+,25?;;/m0../s1. The average molecular weight is 913 g/mol. The molecule has 8 rings (SSSR count). The molecule has 3 aliphatic carbocycles. The van der Waals surface area contributed by atoms with Gasteiger partial charge in [-0.2, -0.15) is 19.0 Å². The number of rotatable bonds is 12. The van der Waals surface area contributed by atoms with Crippen molar-refractivity contribution in [2.24, 2.45) is 5.92 Å². The van der Waals surface area contributed by atoms with Gasteiger partial charge in [0.1, 0.15) is 36.1 Å². The summed E-state index contributed by atoms with van der Waals surface area (Å²) >= 11 is 6.50. The first-order valence-electron chi connectivity index (χ1n) is 20.5. The van der Waals surface area contributed by atoms with Gasteiger partial charge in [0.15, 0.2) is 0 Å². The Morgan fingerprint density at radius 3 is 2.18 bits per heavy atom. The van der Waals surface area contributed by atoms with Crippen LogP contribution in [0.5, 0.6) is 0 Å².